The Hall–Kier alpha value is -1.09. The molecule has 0 spiro atoms. The smallest absolute Gasteiger partial charge is 0.117 e. The molecule has 0 saturated heterocycles. The quantitative estimate of drug-likeness (QED) is 0.672. The second-order valence-electron chi connectivity index (χ2n) is 4.86. The average molecular weight is 266 g/mol. The van der Waals surface area contributed by atoms with Crippen molar-refractivity contribution in [2.75, 3.05) is 18.7 Å². The third-order valence-corrected chi connectivity index (χ3v) is 4.10. The molecule has 0 amide bonds. The maximum atomic E-state index is 9.33. The molecule has 1 aliphatic heterocycles. The van der Waals surface area contributed by atoms with E-state index in [2.05, 4.69) is 25.2 Å². The van der Waals surface area contributed by atoms with Crippen LogP contribution < -0.4 is 5.32 Å². The Morgan fingerprint density at radius 2 is 2.33 bits per heavy atom. The van der Waals surface area contributed by atoms with Gasteiger partial charge in [-0.1, -0.05) is 0 Å². The number of ether oxygens (including phenoxy) is 2. The zero-order chi connectivity index (χ0) is 13.2. The molecule has 0 saturated carbocycles. The van der Waals surface area contributed by atoms with Crippen LogP contribution in [0.1, 0.15) is 36.8 Å². The van der Waals surface area contributed by atoms with Crippen LogP contribution in [-0.4, -0.2) is 18.9 Å². The fourth-order valence-electron chi connectivity index (χ4n) is 2.01. The van der Waals surface area contributed by atoms with Crippen LogP contribution in [0.2, 0.25) is 0 Å². The summed E-state index contributed by atoms with van der Waals surface area (Å²) in [6.07, 6.45) is 0.790. The van der Waals surface area contributed by atoms with Crippen molar-refractivity contribution in [3.8, 4) is 6.07 Å². The van der Waals surface area contributed by atoms with Gasteiger partial charge in [0.05, 0.1) is 17.8 Å². The number of anilines is 1. The molecule has 1 N–H and O–H groups in total. The summed E-state index contributed by atoms with van der Waals surface area (Å²) in [7, 11) is 0. The first-order valence-electron chi connectivity index (χ1n) is 6.07. The zero-order valence-corrected chi connectivity index (χ0v) is 11.8. The van der Waals surface area contributed by atoms with Gasteiger partial charge in [-0.25, -0.2) is 0 Å². The van der Waals surface area contributed by atoms with Gasteiger partial charge in [0.2, 0.25) is 0 Å². The van der Waals surface area contributed by atoms with Crippen molar-refractivity contribution in [3.63, 3.8) is 0 Å². The fraction of sp³-hybridized carbons (Fsp3) is 0.615. The summed E-state index contributed by atoms with van der Waals surface area (Å²) >= 11 is 1.60. The lowest BCUT2D eigenvalue weighted by Gasteiger charge is -2.29. The zero-order valence-electron chi connectivity index (χ0n) is 11.0. The second kappa shape index (κ2) is 5.27. The average Bonchev–Trinajstić information content (AvgIpc) is 2.65. The van der Waals surface area contributed by atoms with Gasteiger partial charge in [-0.3, -0.25) is 0 Å². The predicted molar refractivity (Wildman–Crippen MR) is 71.7 cm³/mol. The number of nitrogens with zero attached hydrogens (tertiary/aromatic N) is 1. The first kappa shape index (κ1) is 13.3. The molecule has 1 aromatic rings. The molecule has 5 heteroatoms. The maximum absolute atomic E-state index is 9.33. The van der Waals surface area contributed by atoms with Gasteiger partial charge in [0.1, 0.15) is 17.8 Å². The lowest BCUT2D eigenvalue weighted by atomic mass is 9.93. The molecule has 0 aromatic carbocycles. The number of nitrogens with one attached hydrogen (secondary N) is 1. The van der Waals surface area contributed by atoms with E-state index in [1.807, 2.05) is 6.92 Å². The Kier molecular flexibility index (Phi) is 3.91. The summed E-state index contributed by atoms with van der Waals surface area (Å²) in [5.41, 5.74) is 1.71. The minimum Gasteiger partial charge on any atom is -0.370 e. The minimum absolute atomic E-state index is 0.184. The number of nitriles is 1. The molecular weight excluding hydrogens is 248 g/mol. The maximum Gasteiger partial charge on any atom is 0.117 e. The highest BCUT2D eigenvalue weighted by Crippen LogP contribution is 2.39. The van der Waals surface area contributed by atoms with E-state index in [0.29, 0.717) is 19.9 Å². The molecule has 2 rings (SSSR count). The number of fused-ring (bicyclic) bond motifs is 1. The topological polar surface area (TPSA) is 54.3 Å². The van der Waals surface area contributed by atoms with Crippen molar-refractivity contribution in [2.24, 2.45) is 0 Å². The third kappa shape index (κ3) is 2.66. The molecule has 0 aliphatic carbocycles. The van der Waals surface area contributed by atoms with Crippen LogP contribution in [0, 0.1) is 11.3 Å². The van der Waals surface area contributed by atoms with Crippen molar-refractivity contribution >= 4 is 16.3 Å². The largest absolute Gasteiger partial charge is 0.370 e. The van der Waals surface area contributed by atoms with Crippen LogP contribution in [0.5, 0.6) is 0 Å². The molecule has 1 aromatic heterocycles. The van der Waals surface area contributed by atoms with Crippen molar-refractivity contribution in [3.05, 3.63) is 16.0 Å². The van der Waals surface area contributed by atoms with Crippen LogP contribution in [-0.2, 0) is 22.5 Å². The molecule has 18 heavy (non-hydrogen) atoms. The lowest BCUT2D eigenvalue weighted by Crippen LogP contribution is -2.31. The Labute approximate surface area is 112 Å². The van der Waals surface area contributed by atoms with Crippen LogP contribution in [0.15, 0.2) is 0 Å². The van der Waals surface area contributed by atoms with E-state index in [1.54, 1.807) is 11.3 Å². The van der Waals surface area contributed by atoms with Gasteiger partial charge in [-0.15, -0.1) is 11.3 Å². The van der Waals surface area contributed by atoms with Gasteiger partial charge in [-0.2, -0.15) is 5.26 Å². The van der Waals surface area contributed by atoms with E-state index < -0.39 is 0 Å². The highest BCUT2D eigenvalue weighted by atomic mass is 32.1. The molecule has 0 fully saturated rings. The molecule has 4 nitrogen and oxygen atoms in total. The molecular formula is C13H18N2O2S. The van der Waals surface area contributed by atoms with E-state index in [-0.39, 0.29) is 5.60 Å². The monoisotopic (exact) mass is 266 g/mol. The molecule has 0 atom stereocenters. The molecule has 98 valence electrons. The standard InChI is InChI=1S/C13H18N2O2S/c1-4-16-8-15-12-10(6-14)9-5-13(2,3)17-7-11(9)18-12/h15H,4-5,7-8H2,1-3H3. The third-order valence-electron chi connectivity index (χ3n) is 2.94. The number of rotatable bonds is 4. The second-order valence-corrected chi connectivity index (χ2v) is 5.96. The Balaban J connectivity index is 2.24. The summed E-state index contributed by atoms with van der Waals surface area (Å²) in [4.78, 5) is 1.16. The summed E-state index contributed by atoms with van der Waals surface area (Å²) in [5, 5.41) is 13.4. The van der Waals surface area contributed by atoms with Crippen LogP contribution in [0.3, 0.4) is 0 Å². The SMILES string of the molecule is CCOCNc1sc2c(c1C#N)CC(C)(C)OC2. The lowest BCUT2D eigenvalue weighted by molar-refractivity contribution is -0.0383. The summed E-state index contributed by atoms with van der Waals surface area (Å²) in [5.74, 6) is 0. The first-order valence-corrected chi connectivity index (χ1v) is 6.89. The summed E-state index contributed by atoms with van der Waals surface area (Å²) in [6, 6.07) is 2.31. The highest BCUT2D eigenvalue weighted by Gasteiger charge is 2.31. The summed E-state index contributed by atoms with van der Waals surface area (Å²) in [6.45, 7) is 7.76. The predicted octanol–water partition coefficient (Wildman–Crippen LogP) is 2.88. The molecule has 0 unspecified atom stereocenters. The highest BCUT2D eigenvalue weighted by molar-refractivity contribution is 7.16. The minimum atomic E-state index is -0.184. The van der Waals surface area contributed by atoms with Crippen LogP contribution in [0.4, 0.5) is 5.00 Å². The fourth-order valence-corrected chi connectivity index (χ4v) is 3.08. The van der Waals surface area contributed by atoms with Gasteiger partial charge in [0.25, 0.3) is 0 Å². The van der Waals surface area contributed by atoms with Gasteiger partial charge in [0, 0.05) is 17.9 Å². The molecule has 0 radical (unpaired) electrons. The van der Waals surface area contributed by atoms with E-state index in [1.165, 1.54) is 0 Å². The first-order chi connectivity index (χ1) is 8.57. The van der Waals surface area contributed by atoms with Crippen molar-refractivity contribution in [1.29, 1.82) is 5.26 Å². The Bertz CT molecular complexity index is 474. The van der Waals surface area contributed by atoms with Crippen LogP contribution in [0.25, 0.3) is 0 Å². The normalized spacial score (nSPS) is 17.0. The van der Waals surface area contributed by atoms with Crippen molar-refractivity contribution in [1.82, 2.24) is 0 Å². The van der Waals surface area contributed by atoms with Gasteiger partial charge < -0.3 is 14.8 Å². The van der Waals surface area contributed by atoms with E-state index in [4.69, 9.17) is 9.47 Å². The van der Waals surface area contributed by atoms with Crippen molar-refractivity contribution < 1.29 is 9.47 Å². The molecule has 1 aliphatic rings. The number of thiophene rings is 1. The summed E-state index contributed by atoms with van der Waals surface area (Å²) < 4.78 is 11.0. The molecule has 2 heterocycles. The van der Waals surface area contributed by atoms with E-state index in [0.717, 1.165) is 27.4 Å². The van der Waals surface area contributed by atoms with Gasteiger partial charge in [-0.05, 0) is 26.3 Å². The Morgan fingerprint density at radius 3 is 3.00 bits per heavy atom. The Morgan fingerprint density at radius 1 is 1.56 bits per heavy atom. The molecule has 0 bridgehead atoms. The van der Waals surface area contributed by atoms with E-state index >= 15 is 0 Å². The van der Waals surface area contributed by atoms with Crippen molar-refractivity contribution in [2.45, 2.75) is 39.4 Å². The van der Waals surface area contributed by atoms with E-state index in [9.17, 15) is 5.26 Å². The van der Waals surface area contributed by atoms with Gasteiger partial charge >= 0.3 is 0 Å². The number of hydrogen-bond donors (Lipinski definition) is 1. The van der Waals surface area contributed by atoms with Crippen LogP contribution >= 0.6 is 11.3 Å². The van der Waals surface area contributed by atoms with Gasteiger partial charge in [0.15, 0.2) is 0 Å². The number of hydrogen-bond acceptors (Lipinski definition) is 5.